The van der Waals surface area contributed by atoms with Crippen LogP contribution in [0.1, 0.15) is 37.8 Å². The van der Waals surface area contributed by atoms with Crippen molar-refractivity contribution in [3.63, 3.8) is 0 Å². The predicted molar refractivity (Wildman–Crippen MR) is 80.0 cm³/mol. The largest absolute Gasteiger partial charge is 0.352 e. The average Bonchev–Trinajstić information content (AvgIpc) is 2.37. The zero-order valence-electron chi connectivity index (χ0n) is 12.3. The molecular formula is C16H26N2O. The minimum absolute atomic E-state index is 0.109. The molecule has 1 aromatic rings. The van der Waals surface area contributed by atoms with E-state index in [4.69, 9.17) is 0 Å². The molecule has 0 saturated heterocycles. The maximum atomic E-state index is 11.6. The molecule has 3 nitrogen and oxygen atoms in total. The monoisotopic (exact) mass is 262 g/mol. The molecule has 0 aliphatic carbocycles. The molecule has 1 amide bonds. The Morgan fingerprint density at radius 1 is 1.16 bits per heavy atom. The van der Waals surface area contributed by atoms with Gasteiger partial charge in [-0.2, -0.15) is 0 Å². The smallest absolute Gasteiger partial charge is 0.221 e. The highest BCUT2D eigenvalue weighted by Gasteiger charge is 2.01. The van der Waals surface area contributed by atoms with E-state index in [1.807, 2.05) is 0 Å². The van der Waals surface area contributed by atoms with E-state index in [-0.39, 0.29) is 5.91 Å². The third kappa shape index (κ3) is 7.62. The van der Waals surface area contributed by atoms with E-state index >= 15 is 0 Å². The van der Waals surface area contributed by atoms with Gasteiger partial charge in [-0.05, 0) is 31.4 Å². The van der Waals surface area contributed by atoms with Gasteiger partial charge in [0.25, 0.3) is 0 Å². The zero-order valence-corrected chi connectivity index (χ0v) is 12.3. The van der Waals surface area contributed by atoms with Gasteiger partial charge in [-0.3, -0.25) is 4.79 Å². The lowest BCUT2D eigenvalue weighted by molar-refractivity contribution is -0.121. The van der Waals surface area contributed by atoms with E-state index in [0.717, 1.165) is 25.1 Å². The van der Waals surface area contributed by atoms with E-state index in [9.17, 15) is 4.79 Å². The Morgan fingerprint density at radius 3 is 2.47 bits per heavy atom. The van der Waals surface area contributed by atoms with E-state index in [1.165, 1.54) is 5.56 Å². The lowest BCUT2D eigenvalue weighted by atomic mass is 10.1. The summed E-state index contributed by atoms with van der Waals surface area (Å²) < 4.78 is 0. The van der Waals surface area contributed by atoms with Crippen LogP contribution in [-0.2, 0) is 11.3 Å². The number of hydrogen-bond acceptors (Lipinski definition) is 2. The van der Waals surface area contributed by atoms with E-state index in [2.05, 4.69) is 55.7 Å². The Bertz CT molecular complexity index is 371. The highest BCUT2D eigenvalue weighted by Crippen LogP contribution is 2.02. The van der Waals surface area contributed by atoms with Crippen molar-refractivity contribution in [2.45, 2.75) is 40.2 Å². The maximum Gasteiger partial charge on any atom is 0.221 e. The van der Waals surface area contributed by atoms with Crippen LogP contribution >= 0.6 is 0 Å². The second-order valence-corrected chi connectivity index (χ2v) is 5.44. The van der Waals surface area contributed by atoms with Crippen LogP contribution in [0, 0.1) is 12.8 Å². The molecule has 0 heterocycles. The third-order valence-electron chi connectivity index (χ3n) is 3.04. The van der Waals surface area contributed by atoms with E-state index < -0.39 is 0 Å². The summed E-state index contributed by atoms with van der Waals surface area (Å²) >= 11 is 0. The first-order valence-corrected chi connectivity index (χ1v) is 7.11. The maximum absolute atomic E-state index is 11.6. The van der Waals surface area contributed by atoms with Gasteiger partial charge in [0.2, 0.25) is 5.91 Å². The molecule has 0 bridgehead atoms. The standard InChI is InChI=1S/C16H26N2O/c1-13(2)8-10-17-11-9-16(19)18-12-15-6-4-14(3)5-7-15/h4-7,13,17H,8-12H2,1-3H3,(H,18,19). The summed E-state index contributed by atoms with van der Waals surface area (Å²) in [6.45, 7) is 8.83. The van der Waals surface area contributed by atoms with Gasteiger partial charge in [-0.15, -0.1) is 0 Å². The fraction of sp³-hybridized carbons (Fsp3) is 0.562. The molecule has 0 aliphatic heterocycles. The van der Waals surface area contributed by atoms with Crippen molar-refractivity contribution in [2.75, 3.05) is 13.1 Å². The molecule has 0 unspecified atom stereocenters. The summed E-state index contributed by atoms with van der Waals surface area (Å²) in [5.41, 5.74) is 2.39. The lowest BCUT2D eigenvalue weighted by Crippen LogP contribution is -2.28. The van der Waals surface area contributed by atoms with Crippen molar-refractivity contribution in [1.29, 1.82) is 0 Å². The van der Waals surface area contributed by atoms with Gasteiger partial charge in [0.05, 0.1) is 0 Å². The normalized spacial score (nSPS) is 10.7. The van der Waals surface area contributed by atoms with Crippen LogP contribution in [0.5, 0.6) is 0 Å². The van der Waals surface area contributed by atoms with Crippen LogP contribution in [0.25, 0.3) is 0 Å². The van der Waals surface area contributed by atoms with Gasteiger partial charge in [-0.1, -0.05) is 43.7 Å². The molecule has 106 valence electrons. The summed E-state index contributed by atoms with van der Waals surface area (Å²) in [5, 5.41) is 6.23. The van der Waals surface area contributed by atoms with Gasteiger partial charge >= 0.3 is 0 Å². The van der Waals surface area contributed by atoms with Crippen LogP contribution in [0.3, 0.4) is 0 Å². The number of nitrogens with one attached hydrogen (secondary N) is 2. The van der Waals surface area contributed by atoms with Crippen LogP contribution in [0.2, 0.25) is 0 Å². The minimum atomic E-state index is 0.109. The number of amides is 1. The molecule has 1 rings (SSSR count). The summed E-state index contributed by atoms with van der Waals surface area (Å²) in [6, 6.07) is 8.23. The Morgan fingerprint density at radius 2 is 1.84 bits per heavy atom. The zero-order chi connectivity index (χ0) is 14.1. The average molecular weight is 262 g/mol. The molecule has 3 heteroatoms. The molecule has 0 aromatic heterocycles. The quantitative estimate of drug-likeness (QED) is 0.707. The van der Waals surface area contributed by atoms with E-state index in [0.29, 0.717) is 18.9 Å². The van der Waals surface area contributed by atoms with Crippen molar-refractivity contribution < 1.29 is 4.79 Å². The number of carbonyl (C=O) groups excluding carboxylic acids is 1. The molecule has 1 aromatic carbocycles. The molecule has 0 spiro atoms. The Kier molecular flexibility index (Phi) is 7.19. The fourth-order valence-corrected chi connectivity index (χ4v) is 1.71. The summed E-state index contributed by atoms with van der Waals surface area (Å²) in [4.78, 5) is 11.6. The number of hydrogen-bond donors (Lipinski definition) is 2. The highest BCUT2D eigenvalue weighted by molar-refractivity contribution is 5.76. The Balaban J connectivity index is 2.09. The Labute approximate surface area is 116 Å². The number of aryl methyl sites for hydroxylation is 1. The molecule has 0 radical (unpaired) electrons. The molecule has 0 aliphatic rings. The van der Waals surface area contributed by atoms with Gasteiger partial charge in [0, 0.05) is 19.5 Å². The minimum Gasteiger partial charge on any atom is -0.352 e. The molecule has 2 N–H and O–H groups in total. The van der Waals surface area contributed by atoms with Crippen LogP contribution in [0.4, 0.5) is 0 Å². The van der Waals surface area contributed by atoms with Crippen molar-refractivity contribution in [3.05, 3.63) is 35.4 Å². The first kappa shape index (κ1) is 15.7. The van der Waals surface area contributed by atoms with Crippen molar-refractivity contribution in [1.82, 2.24) is 10.6 Å². The fourth-order valence-electron chi connectivity index (χ4n) is 1.71. The van der Waals surface area contributed by atoms with Crippen LogP contribution in [0.15, 0.2) is 24.3 Å². The van der Waals surface area contributed by atoms with Crippen molar-refractivity contribution in [2.24, 2.45) is 5.92 Å². The topological polar surface area (TPSA) is 41.1 Å². The molecular weight excluding hydrogens is 236 g/mol. The highest BCUT2D eigenvalue weighted by atomic mass is 16.1. The SMILES string of the molecule is Cc1ccc(CNC(=O)CCNCCC(C)C)cc1. The van der Waals surface area contributed by atoms with Gasteiger partial charge in [-0.25, -0.2) is 0 Å². The molecule has 19 heavy (non-hydrogen) atoms. The third-order valence-corrected chi connectivity index (χ3v) is 3.04. The second kappa shape index (κ2) is 8.70. The van der Waals surface area contributed by atoms with Gasteiger partial charge in [0.1, 0.15) is 0 Å². The first-order chi connectivity index (χ1) is 9.08. The Hall–Kier alpha value is -1.35. The number of carbonyl (C=O) groups is 1. The lowest BCUT2D eigenvalue weighted by Gasteiger charge is -2.08. The molecule has 0 saturated carbocycles. The number of rotatable bonds is 8. The first-order valence-electron chi connectivity index (χ1n) is 7.11. The predicted octanol–water partition coefficient (Wildman–Crippen LogP) is 2.64. The van der Waals surface area contributed by atoms with E-state index in [1.54, 1.807) is 0 Å². The van der Waals surface area contributed by atoms with Gasteiger partial charge in [0.15, 0.2) is 0 Å². The molecule has 0 atom stereocenters. The second-order valence-electron chi connectivity index (χ2n) is 5.44. The van der Waals surface area contributed by atoms with Gasteiger partial charge < -0.3 is 10.6 Å². The summed E-state index contributed by atoms with van der Waals surface area (Å²) in [5.74, 6) is 0.820. The van der Waals surface area contributed by atoms with Crippen molar-refractivity contribution in [3.8, 4) is 0 Å². The van der Waals surface area contributed by atoms with Crippen LogP contribution < -0.4 is 10.6 Å². The van der Waals surface area contributed by atoms with Crippen LogP contribution in [-0.4, -0.2) is 19.0 Å². The summed E-state index contributed by atoms with van der Waals surface area (Å²) in [6.07, 6.45) is 1.70. The number of benzene rings is 1. The summed E-state index contributed by atoms with van der Waals surface area (Å²) in [7, 11) is 0. The van der Waals surface area contributed by atoms with Crippen molar-refractivity contribution >= 4 is 5.91 Å². The molecule has 0 fully saturated rings.